The van der Waals surface area contributed by atoms with Gasteiger partial charge in [0.1, 0.15) is 0 Å². The van der Waals surface area contributed by atoms with Crippen molar-refractivity contribution >= 4 is 0 Å². The van der Waals surface area contributed by atoms with E-state index in [1.807, 2.05) is 0 Å². The first kappa shape index (κ1) is 9.26. The molecule has 0 spiro atoms. The summed E-state index contributed by atoms with van der Waals surface area (Å²) in [4.78, 5) is 0. The zero-order chi connectivity index (χ0) is 9.10. The fourth-order valence-corrected chi connectivity index (χ4v) is 2.28. The average Bonchev–Trinajstić information content (AvgIpc) is 2.84. The van der Waals surface area contributed by atoms with Crippen LogP contribution in [0.25, 0.3) is 0 Å². The molecule has 0 amide bonds. The van der Waals surface area contributed by atoms with Crippen molar-refractivity contribution in [3.8, 4) is 0 Å². The zero-order valence-corrected chi connectivity index (χ0v) is 8.47. The monoisotopic (exact) mass is 179 g/mol. The Bertz CT molecular complexity index is 191. The third-order valence-corrected chi connectivity index (χ3v) is 3.38. The maximum Gasteiger partial charge on any atom is 0.0282 e. The number of hydrogen-bond acceptors (Lipinski definition) is 1. The van der Waals surface area contributed by atoms with Gasteiger partial charge in [-0.3, -0.25) is 0 Å². The summed E-state index contributed by atoms with van der Waals surface area (Å²) >= 11 is 0. The summed E-state index contributed by atoms with van der Waals surface area (Å²) in [5, 5.41) is 0. The second kappa shape index (κ2) is 4.28. The lowest BCUT2D eigenvalue weighted by molar-refractivity contribution is 0.574. The normalized spacial score (nSPS) is 27.3. The quantitative estimate of drug-likeness (QED) is 0.648. The van der Waals surface area contributed by atoms with Crippen LogP contribution in [0.1, 0.15) is 51.4 Å². The molecule has 1 fully saturated rings. The van der Waals surface area contributed by atoms with E-state index in [2.05, 4.69) is 6.08 Å². The Labute approximate surface area is 81.4 Å². The molecule has 13 heavy (non-hydrogen) atoms. The highest BCUT2D eigenvalue weighted by atomic mass is 14.7. The summed E-state index contributed by atoms with van der Waals surface area (Å²) in [6, 6.07) is 0.415. The van der Waals surface area contributed by atoms with Crippen LogP contribution in [0.4, 0.5) is 0 Å². The van der Waals surface area contributed by atoms with Gasteiger partial charge in [0.2, 0.25) is 0 Å². The highest BCUT2D eigenvalue weighted by Gasteiger charge is 2.30. The van der Waals surface area contributed by atoms with Crippen molar-refractivity contribution in [1.29, 1.82) is 0 Å². The maximum absolute atomic E-state index is 6.21. The van der Waals surface area contributed by atoms with Crippen molar-refractivity contribution in [3.63, 3.8) is 0 Å². The Balaban J connectivity index is 1.92. The molecule has 0 aliphatic heterocycles. The van der Waals surface area contributed by atoms with Crippen molar-refractivity contribution in [2.45, 2.75) is 57.4 Å². The molecule has 2 aliphatic carbocycles. The zero-order valence-electron chi connectivity index (χ0n) is 8.47. The average molecular weight is 179 g/mol. The van der Waals surface area contributed by atoms with Gasteiger partial charge < -0.3 is 5.73 Å². The van der Waals surface area contributed by atoms with Crippen LogP contribution in [0.15, 0.2) is 11.6 Å². The summed E-state index contributed by atoms with van der Waals surface area (Å²) in [6.45, 7) is 0. The molecule has 0 aromatic rings. The van der Waals surface area contributed by atoms with Gasteiger partial charge in [-0.15, -0.1) is 0 Å². The van der Waals surface area contributed by atoms with Crippen LogP contribution in [0.2, 0.25) is 0 Å². The summed E-state index contributed by atoms with van der Waals surface area (Å²) < 4.78 is 0. The Kier molecular flexibility index (Phi) is 3.05. The summed E-state index contributed by atoms with van der Waals surface area (Å²) in [5.41, 5.74) is 7.78. The molecular weight excluding hydrogens is 158 g/mol. The smallest absolute Gasteiger partial charge is 0.0282 e. The molecule has 1 heteroatoms. The summed E-state index contributed by atoms with van der Waals surface area (Å²) in [6.07, 6.45) is 13.3. The molecule has 0 bridgehead atoms. The molecule has 1 saturated carbocycles. The van der Waals surface area contributed by atoms with E-state index in [1.165, 1.54) is 51.4 Å². The minimum atomic E-state index is 0.415. The standard InChI is InChI=1S/C12H21N/c13-12(11-8-9-11)10-6-4-2-1-3-5-7-10/h6,11-12H,1-5,7-9,13H2. The molecular formula is C12H21N. The lowest BCUT2D eigenvalue weighted by Crippen LogP contribution is -2.25. The third kappa shape index (κ3) is 2.57. The molecule has 74 valence electrons. The largest absolute Gasteiger partial charge is 0.324 e. The Morgan fingerprint density at radius 1 is 1.15 bits per heavy atom. The summed E-state index contributed by atoms with van der Waals surface area (Å²) in [5.74, 6) is 0.839. The molecule has 0 aromatic carbocycles. The first-order valence-corrected chi connectivity index (χ1v) is 5.82. The van der Waals surface area contributed by atoms with Crippen molar-refractivity contribution < 1.29 is 0 Å². The SMILES string of the molecule is NC(C1=CCCCCCC1)C1CC1. The summed E-state index contributed by atoms with van der Waals surface area (Å²) in [7, 11) is 0. The van der Waals surface area contributed by atoms with Gasteiger partial charge in [0.15, 0.2) is 0 Å². The highest BCUT2D eigenvalue weighted by Crippen LogP contribution is 2.36. The van der Waals surface area contributed by atoms with Crippen LogP contribution in [0.5, 0.6) is 0 Å². The maximum atomic E-state index is 6.21. The van der Waals surface area contributed by atoms with E-state index in [9.17, 15) is 0 Å². The van der Waals surface area contributed by atoms with E-state index < -0.39 is 0 Å². The van der Waals surface area contributed by atoms with E-state index >= 15 is 0 Å². The van der Waals surface area contributed by atoms with E-state index in [4.69, 9.17) is 5.73 Å². The fraction of sp³-hybridized carbons (Fsp3) is 0.833. The minimum absolute atomic E-state index is 0.415. The van der Waals surface area contributed by atoms with Crippen LogP contribution >= 0.6 is 0 Å². The van der Waals surface area contributed by atoms with Crippen molar-refractivity contribution in [3.05, 3.63) is 11.6 Å². The van der Waals surface area contributed by atoms with Crippen molar-refractivity contribution in [2.24, 2.45) is 11.7 Å². The molecule has 1 atom stereocenters. The molecule has 2 N–H and O–H groups in total. The van der Waals surface area contributed by atoms with Gasteiger partial charge in [0.25, 0.3) is 0 Å². The van der Waals surface area contributed by atoms with Crippen LogP contribution in [-0.2, 0) is 0 Å². The first-order chi connectivity index (χ1) is 6.38. The lowest BCUT2D eigenvalue weighted by atomic mass is 9.93. The number of allylic oxidation sites excluding steroid dienone is 1. The molecule has 1 unspecified atom stereocenters. The van der Waals surface area contributed by atoms with Gasteiger partial charge in [-0.05, 0) is 44.4 Å². The molecule has 2 aliphatic rings. The van der Waals surface area contributed by atoms with E-state index in [1.54, 1.807) is 5.57 Å². The van der Waals surface area contributed by atoms with Gasteiger partial charge in [0, 0.05) is 6.04 Å². The van der Waals surface area contributed by atoms with Crippen molar-refractivity contribution in [2.75, 3.05) is 0 Å². The second-order valence-electron chi connectivity index (χ2n) is 4.60. The Morgan fingerprint density at radius 2 is 1.92 bits per heavy atom. The molecule has 0 aromatic heterocycles. The minimum Gasteiger partial charge on any atom is -0.324 e. The second-order valence-corrected chi connectivity index (χ2v) is 4.60. The molecule has 2 rings (SSSR count). The van der Waals surface area contributed by atoms with Gasteiger partial charge in [-0.2, -0.15) is 0 Å². The Hall–Kier alpha value is -0.300. The van der Waals surface area contributed by atoms with Crippen LogP contribution < -0.4 is 5.73 Å². The van der Waals surface area contributed by atoms with Gasteiger partial charge in [-0.1, -0.05) is 24.5 Å². The predicted octanol–water partition coefficient (Wildman–Crippen LogP) is 3.00. The van der Waals surface area contributed by atoms with Crippen molar-refractivity contribution in [1.82, 2.24) is 0 Å². The molecule has 0 saturated heterocycles. The number of nitrogens with two attached hydrogens (primary N) is 1. The molecule has 0 radical (unpaired) electrons. The van der Waals surface area contributed by atoms with Gasteiger partial charge in [0.05, 0.1) is 0 Å². The van der Waals surface area contributed by atoms with E-state index in [0.717, 1.165) is 5.92 Å². The molecule has 0 heterocycles. The first-order valence-electron chi connectivity index (χ1n) is 5.82. The van der Waals surface area contributed by atoms with E-state index in [0.29, 0.717) is 6.04 Å². The highest BCUT2D eigenvalue weighted by molar-refractivity contribution is 5.14. The number of hydrogen-bond donors (Lipinski definition) is 1. The molecule has 1 nitrogen and oxygen atoms in total. The number of rotatable bonds is 2. The van der Waals surface area contributed by atoms with Crippen LogP contribution in [0, 0.1) is 5.92 Å². The van der Waals surface area contributed by atoms with Gasteiger partial charge >= 0.3 is 0 Å². The third-order valence-electron chi connectivity index (χ3n) is 3.38. The van der Waals surface area contributed by atoms with Crippen LogP contribution in [0.3, 0.4) is 0 Å². The predicted molar refractivity (Wildman–Crippen MR) is 56.5 cm³/mol. The fourth-order valence-electron chi connectivity index (χ4n) is 2.28. The Morgan fingerprint density at radius 3 is 2.69 bits per heavy atom. The lowest BCUT2D eigenvalue weighted by Gasteiger charge is -2.17. The van der Waals surface area contributed by atoms with E-state index in [-0.39, 0.29) is 0 Å². The van der Waals surface area contributed by atoms with Gasteiger partial charge in [-0.25, -0.2) is 0 Å². The van der Waals surface area contributed by atoms with Crippen LogP contribution in [-0.4, -0.2) is 6.04 Å². The topological polar surface area (TPSA) is 26.0 Å².